The van der Waals surface area contributed by atoms with Crippen LogP contribution in [0.1, 0.15) is 35.4 Å². The number of fused-ring (bicyclic) bond motifs is 4. The highest BCUT2D eigenvalue weighted by molar-refractivity contribution is 9.11. The van der Waals surface area contributed by atoms with E-state index in [9.17, 15) is 0 Å². The van der Waals surface area contributed by atoms with Crippen molar-refractivity contribution in [3.63, 3.8) is 0 Å². The third kappa shape index (κ3) is 1.71. The average Bonchev–Trinajstić information content (AvgIpc) is 3.00. The summed E-state index contributed by atoms with van der Waals surface area (Å²) in [5.74, 6) is 1.52. The van der Waals surface area contributed by atoms with Gasteiger partial charge in [0, 0.05) is 9.75 Å². The predicted molar refractivity (Wildman–Crippen MR) is 95.5 cm³/mol. The highest BCUT2D eigenvalue weighted by atomic mass is 79.9. The molecule has 0 fully saturated rings. The van der Waals surface area contributed by atoms with Gasteiger partial charge in [-0.15, -0.1) is 22.7 Å². The first kappa shape index (κ1) is 13.3. The summed E-state index contributed by atoms with van der Waals surface area (Å²) in [6.45, 7) is 4.85. The summed E-state index contributed by atoms with van der Waals surface area (Å²) < 4.78 is 2.65. The van der Waals surface area contributed by atoms with Gasteiger partial charge in [-0.3, -0.25) is 0 Å². The summed E-state index contributed by atoms with van der Waals surface area (Å²) in [7, 11) is -1.43. The molecule has 100 valence electrons. The minimum atomic E-state index is -1.43. The van der Waals surface area contributed by atoms with Crippen molar-refractivity contribution < 1.29 is 0 Å². The topological polar surface area (TPSA) is 0 Å². The van der Waals surface area contributed by atoms with E-state index in [1.54, 1.807) is 20.1 Å². The van der Waals surface area contributed by atoms with Gasteiger partial charge in [0.1, 0.15) is 8.07 Å². The number of thiophene rings is 2. The van der Waals surface area contributed by atoms with Crippen LogP contribution in [0.4, 0.5) is 0 Å². The molecule has 0 saturated heterocycles. The maximum atomic E-state index is 3.71. The molecule has 4 heterocycles. The van der Waals surface area contributed by atoms with E-state index in [2.05, 4.69) is 57.8 Å². The zero-order valence-corrected chi connectivity index (χ0v) is 16.6. The average molecular weight is 434 g/mol. The van der Waals surface area contributed by atoms with E-state index in [0.29, 0.717) is 0 Å². The van der Waals surface area contributed by atoms with Gasteiger partial charge in [0.2, 0.25) is 0 Å². The van der Waals surface area contributed by atoms with E-state index in [1.807, 2.05) is 22.7 Å². The summed E-state index contributed by atoms with van der Waals surface area (Å²) >= 11 is 11.4. The molecule has 4 rings (SSSR count). The van der Waals surface area contributed by atoms with Crippen LogP contribution in [0.25, 0.3) is 0 Å². The van der Waals surface area contributed by atoms with Crippen molar-refractivity contribution >= 4 is 73.0 Å². The number of rotatable bonds is 0. The van der Waals surface area contributed by atoms with E-state index in [4.69, 9.17) is 0 Å². The van der Waals surface area contributed by atoms with Crippen LogP contribution in [0.15, 0.2) is 19.7 Å². The Kier molecular flexibility index (Phi) is 2.99. The lowest BCUT2D eigenvalue weighted by Gasteiger charge is -2.23. The highest BCUT2D eigenvalue weighted by Crippen LogP contribution is 2.49. The lowest BCUT2D eigenvalue weighted by Crippen LogP contribution is -2.52. The van der Waals surface area contributed by atoms with Crippen molar-refractivity contribution in [1.29, 1.82) is 0 Å². The van der Waals surface area contributed by atoms with Gasteiger partial charge in [-0.2, -0.15) is 0 Å². The largest absolute Gasteiger partial charge is 0.133 e. The quantitative estimate of drug-likeness (QED) is 0.505. The summed E-state index contributed by atoms with van der Waals surface area (Å²) in [6, 6.07) is 7.76. The van der Waals surface area contributed by atoms with Crippen molar-refractivity contribution in [3.8, 4) is 0 Å². The van der Waals surface area contributed by atoms with Crippen molar-refractivity contribution in [2.75, 3.05) is 0 Å². The van der Waals surface area contributed by atoms with Crippen LogP contribution >= 0.6 is 54.5 Å². The maximum absolute atomic E-state index is 3.71. The SMILES string of the molecule is C[C@H]1C[Si]2(C[C@H](C)c3sc(Br)cc32)c2cc(Br)sc21. The van der Waals surface area contributed by atoms with Gasteiger partial charge in [0.25, 0.3) is 0 Å². The Morgan fingerprint density at radius 3 is 1.79 bits per heavy atom. The van der Waals surface area contributed by atoms with Crippen LogP contribution in [0.2, 0.25) is 12.1 Å². The predicted octanol–water partition coefficient (Wildman–Crippen LogP) is 5.13. The van der Waals surface area contributed by atoms with Gasteiger partial charge in [0.15, 0.2) is 0 Å². The smallest absolute Gasteiger partial charge is 0.122 e. The fourth-order valence-corrected chi connectivity index (χ4v) is 15.8. The zero-order valence-electron chi connectivity index (χ0n) is 10.8. The summed E-state index contributed by atoms with van der Waals surface area (Å²) in [5.41, 5.74) is 0. The number of halogens is 2. The third-order valence-corrected chi connectivity index (χ3v) is 14.3. The fraction of sp³-hybridized carbons (Fsp3) is 0.429. The second kappa shape index (κ2) is 4.29. The zero-order chi connectivity index (χ0) is 13.4. The Hall–Kier alpha value is 0.577. The van der Waals surface area contributed by atoms with Crippen molar-refractivity contribution in [3.05, 3.63) is 29.5 Å². The van der Waals surface area contributed by atoms with Gasteiger partial charge >= 0.3 is 0 Å². The first-order valence-electron chi connectivity index (χ1n) is 6.60. The molecule has 19 heavy (non-hydrogen) atoms. The van der Waals surface area contributed by atoms with Gasteiger partial charge in [0.05, 0.1) is 7.57 Å². The minimum Gasteiger partial charge on any atom is -0.133 e. The molecule has 5 heteroatoms. The molecule has 0 aliphatic carbocycles. The molecule has 2 aliphatic rings. The van der Waals surface area contributed by atoms with Crippen LogP contribution in [0.5, 0.6) is 0 Å². The maximum Gasteiger partial charge on any atom is 0.122 e. The molecule has 0 nitrogen and oxygen atoms in total. The molecule has 2 aromatic heterocycles. The van der Waals surface area contributed by atoms with Crippen LogP contribution in [0, 0.1) is 0 Å². The molecule has 0 radical (unpaired) electrons. The van der Waals surface area contributed by atoms with E-state index in [0.717, 1.165) is 11.8 Å². The second-order valence-electron chi connectivity index (χ2n) is 5.95. The van der Waals surface area contributed by atoms with E-state index in [-0.39, 0.29) is 0 Å². The molecule has 2 aliphatic heterocycles. The van der Waals surface area contributed by atoms with Crippen LogP contribution in [-0.4, -0.2) is 8.07 Å². The normalized spacial score (nSPS) is 26.9. The first-order valence-corrected chi connectivity index (χ1v) is 12.2. The number of hydrogen-bond acceptors (Lipinski definition) is 2. The van der Waals surface area contributed by atoms with E-state index >= 15 is 0 Å². The van der Waals surface area contributed by atoms with E-state index < -0.39 is 8.07 Å². The Morgan fingerprint density at radius 2 is 1.37 bits per heavy atom. The molecule has 0 bridgehead atoms. The lowest BCUT2D eigenvalue weighted by atomic mass is 10.2. The van der Waals surface area contributed by atoms with Crippen molar-refractivity contribution in [1.82, 2.24) is 0 Å². The van der Waals surface area contributed by atoms with Crippen LogP contribution in [-0.2, 0) is 0 Å². The standard InChI is InChI=1S/C14H14Br2S2Si/c1-7-5-19(9-3-11(15)17-13(7)9)6-8(2)14-10(19)4-12(16)18-14/h3-4,7-8H,5-6H2,1-2H3/t7-,8-,19?/m0/s1. The molecule has 0 N–H and O–H groups in total. The van der Waals surface area contributed by atoms with Crippen molar-refractivity contribution in [2.45, 2.75) is 37.8 Å². The summed E-state index contributed by atoms with van der Waals surface area (Å²) in [6.07, 6.45) is 0. The Labute approximate surface area is 139 Å². The Bertz CT molecular complexity index is 615. The number of hydrogen-bond donors (Lipinski definition) is 0. The Morgan fingerprint density at radius 1 is 0.947 bits per heavy atom. The minimum absolute atomic E-state index is 0.759. The first-order chi connectivity index (χ1) is 9.01. The molecule has 0 aromatic carbocycles. The van der Waals surface area contributed by atoms with Crippen LogP contribution in [0.3, 0.4) is 0 Å². The molecular formula is C14H14Br2S2Si. The molecule has 0 unspecified atom stereocenters. The monoisotopic (exact) mass is 432 g/mol. The highest BCUT2D eigenvalue weighted by Gasteiger charge is 2.53. The van der Waals surface area contributed by atoms with Gasteiger partial charge < -0.3 is 0 Å². The second-order valence-corrected chi connectivity index (χ2v) is 14.9. The van der Waals surface area contributed by atoms with E-state index in [1.165, 1.54) is 19.7 Å². The summed E-state index contributed by atoms with van der Waals surface area (Å²) in [5, 5.41) is 3.49. The van der Waals surface area contributed by atoms with Crippen molar-refractivity contribution in [2.24, 2.45) is 0 Å². The molecule has 1 spiro atoms. The fourth-order valence-electron chi connectivity index (χ4n) is 4.13. The van der Waals surface area contributed by atoms with Crippen LogP contribution < -0.4 is 10.4 Å². The molecule has 0 amide bonds. The molecule has 2 atom stereocenters. The summed E-state index contributed by atoms with van der Waals surface area (Å²) in [4.78, 5) is 3.34. The Balaban J connectivity index is 1.97. The molecular weight excluding hydrogens is 420 g/mol. The molecule has 2 aromatic rings. The van der Waals surface area contributed by atoms with Gasteiger partial charge in [-0.1, -0.05) is 13.8 Å². The lowest BCUT2D eigenvalue weighted by molar-refractivity contribution is 0.868. The molecule has 0 saturated carbocycles. The third-order valence-electron chi connectivity index (χ3n) is 4.70. The van der Waals surface area contributed by atoms with Gasteiger partial charge in [-0.05, 0) is 78.3 Å². The van der Waals surface area contributed by atoms with Gasteiger partial charge in [-0.25, -0.2) is 0 Å².